The zero-order valence-electron chi connectivity index (χ0n) is 12.8. The number of pyridine rings is 1. The van der Waals surface area contributed by atoms with Crippen LogP contribution in [0.15, 0.2) is 48.8 Å². The lowest BCUT2D eigenvalue weighted by atomic mass is 9.95. The highest BCUT2D eigenvalue weighted by molar-refractivity contribution is 5.74. The quantitative estimate of drug-likeness (QED) is 0.891. The first-order chi connectivity index (χ1) is 10.7. The summed E-state index contributed by atoms with van der Waals surface area (Å²) in [6.45, 7) is 3.30. The molecule has 0 atom stereocenters. The van der Waals surface area contributed by atoms with Gasteiger partial charge in [0, 0.05) is 30.9 Å². The fraction of sp³-hybridized carbons (Fsp3) is 0.333. The van der Waals surface area contributed by atoms with Gasteiger partial charge in [-0.1, -0.05) is 29.8 Å². The van der Waals surface area contributed by atoms with Crippen LogP contribution in [0.5, 0.6) is 0 Å². The van der Waals surface area contributed by atoms with Gasteiger partial charge in [0.1, 0.15) is 0 Å². The van der Waals surface area contributed by atoms with Gasteiger partial charge in [0.2, 0.25) is 0 Å². The molecule has 0 saturated heterocycles. The number of urea groups is 1. The van der Waals surface area contributed by atoms with Crippen molar-refractivity contribution >= 4 is 6.03 Å². The third-order valence-electron chi connectivity index (χ3n) is 4.31. The van der Waals surface area contributed by atoms with Crippen LogP contribution in [0.4, 0.5) is 4.79 Å². The van der Waals surface area contributed by atoms with E-state index in [0.29, 0.717) is 13.1 Å². The lowest BCUT2D eigenvalue weighted by molar-refractivity contribution is 0.239. The number of carbonyl (C=O) groups is 1. The van der Waals surface area contributed by atoms with Gasteiger partial charge in [0.05, 0.1) is 0 Å². The van der Waals surface area contributed by atoms with Crippen molar-refractivity contribution in [3.63, 3.8) is 0 Å². The summed E-state index contributed by atoms with van der Waals surface area (Å²) in [7, 11) is 0. The smallest absolute Gasteiger partial charge is 0.315 e. The second-order valence-corrected chi connectivity index (χ2v) is 6.04. The molecule has 1 fully saturated rings. The molecule has 1 saturated carbocycles. The number of nitrogens with zero attached hydrogens (tertiary/aromatic N) is 1. The van der Waals surface area contributed by atoms with Crippen LogP contribution in [0, 0.1) is 6.92 Å². The van der Waals surface area contributed by atoms with Gasteiger partial charge in [0.25, 0.3) is 0 Å². The van der Waals surface area contributed by atoms with E-state index < -0.39 is 0 Å². The van der Waals surface area contributed by atoms with Crippen LogP contribution in [0.3, 0.4) is 0 Å². The van der Waals surface area contributed by atoms with Crippen molar-refractivity contribution in [2.75, 3.05) is 6.54 Å². The SMILES string of the molecule is Cc1ccc(C2(CNC(=O)NCc3ccncc3)CC2)cc1. The number of aryl methyl sites for hydroxylation is 1. The minimum Gasteiger partial charge on any atom is -0.337 e. The minimum atomic E-state index is -0.116. The molecular formula is C18H21N3O. The lowest BCUT2D eigenvalue weighted by Gasteiger charge is -2.17. The molecule has 2 N–H and O–H groups in total. The molecule has 2 aromatic rings. The molecule has 4 heteroatoms. The molecule has 1 aromatic heterocycles. The molecular weight excluding hydrogens is 274 g/mol. The summed E-state index contributed by atoms with van der Waals surface area (Å²) in [4.78, 5) is 15.9. The number of aromatic nitrogens is 1. The molecule has 2 amide bonds. The topological polar surface area (TPSA) is 54.0 Å². The summed E-state index contributed by atoms with van der Waals surface area (Å²) in [6.07, 6.45) is 5.73. The van der Waals surface area contributed by atoms with Crippen molar-refractivity contribution in [1.29, 1.82) is 0 Å². The summed E-state index contributed by atoms with van der Waals surface area (Å²) < 4.78 is 0. The maximum absolute atomic E-state index is 11.9. The van der Waals surface area contributed by atoms with Crippen molar-refractivity contribution in [2.24, 2.45) is 0 Å². The number of amides is 2. The molecule has 1 aliphatic carbocycles. The second-order valence-electron chi connectivity index (χ2n) is 6.04. The number of nitrogens with one attached hydrogen (secondary N) is 2. The monoisotopic (exact) mass is 295 g/mol. The summed E-state index contributed by atoms with van der Waals surface area (Å²) in [5.74, 6) is 0. The molecule has 0 spiro atoms. The van der Waals surface area contributed by atoms with Crippen molar-refractivity contribution in [3.8, 4) is 0 Å². The van der Waals surface area contributed by atoms with Gasteiger partial charge in [0.15, 0.2) is 0 Å². The van der Waals surface area contributed by atoms with Crippen LogP contribution < -0.4 is 10.6 Å². The van der Waals surface area contributed by atoms with Gasteiger partial charge in [-0.3, -0.25) is 4.98 Å². The standard InChI is InChI=1S/C18H21N3O/c1-14-2-4-16(5-3-14)18(8-9-18)13-21-17(22)20-12-15-6-10-19-11-7-15/h2-7,10-11H,8-9,12-13H2,1H3,(H2,20,21,22). The number of benzene rings is 1. The Morgan fingerprint density at radius 3 is 2.41 bits per heavy atom. The van der Waals surface area contributed by atoms with Crippen molar-refractivity contribution in [1.82, 2.24) is 15.6 Å². The largest absolute Gasteiger partial charge is 0.337 e. The molecule has 114 valence electrons. The number of carbonyl (C=O) groups excluding carboxylic acids is 1. The normalized spacial score (nSPS) is 15.1. The zero-order valence-corrected chi connectivity index (χ0v) is 12.8. The van der Waals surface area contributed by atoms with E-state index in [1.807, 2.05) is 12.1 Å². The fourth-order valence-electron chi connectivity index (χ4n) is 2.62. The molecule has 1 aromatic carbocycles. The van der Waals surface area contributed by atoms with E-state index in [4.69, 9.17) is 0 Å². The van der Waals surface area contributed by atoms with Gasteiger partial charge in [-0.15, -0.1) is 0 Å². The van der Waals surface area contributed by atoms with E-state index in [2.05, 4.69) is 46.8 Å². The molecule has 22 heavy (non-hydrogen) atoms. The Bertz CT molecular complexity index is 633. The Labute approximate surface area is 131 Å². The first kappa shape index (κ1) is 14.6. The summed E-state index contributed by atoms with van der Waals surface area (Å²) in [5.41, 5.74) is 3.78. The van der Waals surface area contributed by atoms with Crippen LogP contribution in [0.1, 0.15) is 29.5 Å². The number of hydrogen-bond donors (Lipinski definition) is 2. The molecule has 0 unspecified atom stereocenters. The molecule has 1 aliphatic rings. The van der Waals surface area contributed by atoms with Gasteiger partial charge in [-0.25, -0.2) is 4.79 Å². The van der Waals surface area contributed by atoms with Crippen LogP contribution in [0.2, 0.25) is 0 Å². The van der Waals surface area contributed by atoms with Gasteiger partial charge in [-0.05, 0) is 43.0 Å². The average Bonchev–Trinajstić information content (AvgIpc) is 3.34. The third-order valence-corrected chi connectivity index (χ3v) is 4.31. The maximum Gasteiger partial charge on any atom is 0.315 e. The van der Waals surface area contributed by atoms with Crippen LogP contribution in [0.25, 0.3) is 0 Å². The van der Waals surface area contributed by atoms with E-state index in [1.165, 1.54) is 11.1 Å². The van der Waals surface area contributed by atoms with Crippen LogP contribution >= 0.6 is 0 Å². The molecule has 3 rings (SSSR count). The first-order valence-electron chi connectivity index (χ1n) is 7.66. The Balaban J connectivity index is 1.49. The number of hydrogen-bond acceptors (Lipinski definition) is 2. The van der Waals surface area contributed by atoms with E-state index >= 15 is 0 Å². The zero-order chi connectivity index (χ0) is 15.4. The van der Waals surface area contributed by atoms with Crippen molar-refractivity contribution in [3.05, 3.63) is 65.5 Å². The predicted octanol–water partition coefficient (Wildman–Crippen LogP) is 2.92. The van der Waals surface area contributed by atoms with Gasteiger partial charge < -0.3 is 10.6 Å². The number of rotatable bonds is 5. The Morgan fingerprint density at radius 2 is 1.77 bits per heavy atom. The highest BCUT2D eigenvalue weighted by Crippen LogP contribution is 2.47. The van der Waals surface area contributed by atoms with Crippen molar-refractivity contribution < 1.29 is 4.79 Å². The molecule has 1 heterocycles. The average molecular weight is 295 g/mol. The molecule has 0 radical (unpaired) electrons. The maximum atomic E-state index is 11.9. The van der Waals surface area contributed by atoms with E-state index in [-0.39, 0.29) is 11.4 Å². The molecule has 0 aliphatic heterocycles. The summed E-state index contributed by atoms with van der Waals surface area (Å²) in [5, 5.41) is 5.89. The Kier molecular flexibility index (Phi) is 4.09. The fourth-order valence-corrected chi connectivity index (χ4v) is 2.62. The third kappa shape index (κ3) is 3.45. The minimum absolute atomic E-state index is 0.116. The molecule has 4 nitrogen and oxygen atoms in total. The predicted molar refractivity (Wildman–Crippen MR) is 86.6 cm³/mol. The highest BCUT2D eigenvalue weighted by atomic mass is 16.2. The highest BCUT2D eigenvalue weighted by Gasteiger charge is 2.44. The Hall–Kier alpha value is -2.36. The molecule has 0 bridgehead atoms. The van der Waals surface area contributed by atoms with E-state index in [0.717, 1.165) is 18.4 Å². The summed E-state index contributed by atoms with van der Waals surface area (Å²) >= 11 is 0. The van der Waals surface area contributed by atoms with Crippen LogP contribution in [-0.2, 0) is 12.0 Å². The van der Waals surface area contributed by atoms with Crippen LogP contribution in [-0.4, -0.2) is 17.6 Å². The Morgan fingerprint density at radius 1 is 1.09 bits per heavy atom. The van der Waals surface area contributed by atoms with E-state index in [9.17, 15) is 4.79 Å². The summed E-state index contributed by atoms with van der Waals surface area (Å²) in [6, 6.07) is 12.3. The first-order valence-corrected chi connectivity index (χ1v) is 7.66. The van der Waals surface area contributed by atoms with Gasteiger partial charge in [-0.2, -0.15) is 0 Å². The van der Waals surface area contributed by atoms with Crippen molar-refractivity contribution in [2.45, 2.75) is 31.7 Å². The lowest BCUT2D eigenvalue weighted by Crippen LogP contribution is -2.39. The van der Waals surface area contributed by atoms with E-state index in [1.54, 1.807) is 12.4 Å². The van der Waals surface area contributed by atoms with Gasteiger partial charge >= 0.3 is 6.03 Å². The second kappa shape index (κ2) is 6.18.